The molecule has 0 aliphatic rings. The van der Waals surface area contributed by atoms with Crippen LogP contribution in [0.2, 0.25) is 0 Å². The Morgan fingerprint density at radius 3 is 1.25 bits per heavy atom. The van der Waals surface area contributed by atoms with Gasteiger partial charge in [0.05, 0.1) is 19.8 Å². The van der Waals surface area contributed by atoms with E-state index >= 15 is 0 Å². The van der Waals surface area contributed by atoms with Crippen molar-refractivity contribution in [1.29, 1.82) is 0 Å². The Morgan fingerprint density at radius 1 is 0.426 bits per heavy atom. The average Bonchev–Trinajstić information content (AvgIpc) is 3.32. The minimum absolute atomic E-state index is 0.126. The van der Waals surface area contributed by atoms with Crippen LogP contribution in [0.1, 0.15) is 226 Å². The van der Waals surface area contributed by atoms with Crippen molar-refractivity contribution in [2.45, 2.75) is 238 Å². The molecule has 0 aliphatic carbocycles. The number of hydrogen-bond acceptors (Lipinski definition) is 10. The lowest BCUT2D eigenvalue weighted by atomic mass is 10.1. The minimum atomic E-state index is -4.75. The van der Waals surface area contributed by atoms with Crippen LogP contribution in [-0.4, -0.2) is 66.5 Å². The number of ether oxygens (including phenoxy) is 3. The molecular weight excluding hydrogens is 880 g/mol. The number of aliphatic hydroxyl groups is 1. The third-order valence-corrected chi connectivity index (χ3v) is 12.1. The maximum absolute atomic E-state index is 12.8. The first-order chi connectivity index (χ1) is 33.2. The molecule has 0 saturated carbocycles. The van der Waals surface area contributed by atoms with Crippen molar-refractivity contribution in [2.75, 3.05) is 26.4 Å². The molecule has 3 unspecified atom stereocenters. The van der Waals surface area contributed by atoms with Gasteiger partial charge in [0.2, 0.25) is 0 Å². The Kier molecular flexibility index (Phi) is 48.0. The fraction of sp³-hybridized carbons (Fsp3) is 0.732. The number of hydrogen-bond donors (Lipinski definition) is 2. The summed E-state index contributed by atoms with van der Waals surface area (Å²) in [4.78, 5) is 48.3. The maximum atomic E-state index is 12.8. The molecule has 0 fully saturated rings. The highest BCUT2D eigenvalue weighted by Crippen LogP contribution is 2.43. The van der Waals surface area contributed by atoms with Crippen LogP contribution in [0.4, 0.5) is 0 Å². The normalized spacial score (nSPS) is 14.0. The molecule has 2 N–H and O–H groups in total. The van der Waals surface area contributed by atoms with Gasteiger partial charge in [-0.3, -0.25) is 23.4 Å². The van der Waals surface area contributed by atoms with E-state index < -0.39 is 57.8 Å². The summed E-state index contributed by atoms with van der Waals surface area (Å²) in [7, 11) is -4.75. The topological polar surface area (TPSA) is 155 Å². The summed E-state index contributed by atoms with van der Waals surface area (Å²) in [6.45, 7) is 4.42. The van der Waals surface area contributed by atoms with E-state index in [2.05, 4.69) is 93.7 Å². The molecule has 0 aromatic heterocycles. The predicted molar refractivity (Wildman–Crippen MR) is 279 cm³/mol. The number of rotatable bonds is 49. The summed E-state index contributed by atoms with van der Waals surface area (Å²) >= 11 is 0. The molecular formula is C56H97O11P. The number of carbonyl (C=O) groups is 3. The van der Waals surface area contributed by atoms with Crippen LogP contribution < -0.4 is 0 Å². The fourth-order valence-corrected chi connectivity index (χ4v) is 7.79. The molecule has 3 atom stereocenters. The second-order valence-electron chi connectivity index (χ2n) is 17.7. The SMILES string of the molecule is CC/C=C\C/C=C\C/C=C\C/C=C\C/C=C\CCCCCC(=O)OC(COC(=O)CCCCCCC/C=C\CCCC)COP(=O)(O)OCC(CO)OC(=O)CCCCCCCCCCCCC. The van der Waals surface area contributed by atoms with Crippen molar-refractivity contribution in [3.8, 4) is 0 Å². The third-order valence-electron chi connectivity index (χ3n) is 11.1. The molecule has 0 amide bonds. The summed E-state index contributed by atoms with van der Waals surface area (Å²) in [5, 5.41) is 9.77. The Labute approximate surface area is 414 Å². The van der Waals surface area contributed by atoms with Crippen LogP contribution in [0.5, 0.6) is 0 Å². The molecule has 0 aliphatic heterocycles. The van der Waals surface area contributed by atoms with Crippen molar-refractivity contribution in [2.24, 2.45) is 0 Å². The first-order valence-corrected chi connectivity index (χ1v) is 28.3. The molecule has 0 spiro atoms. The van der Waals surface area contributed by atoms with Crippen molar-refractivity contribution in [3.05, 3.63) is 72.9 Å². The lowest BCUT2D eigenvalue weighted by Gasteiger charge is -2.21. The van der Waals surface area contributed by atoms with Crippen molar-refractivity contribution in [3.63, 3.8) is 0 Å². The van der Waals surface area contributed by atoms with Gasteiger partial charge >= 0.3 is 25.7 Å². The van der Waals surface area contributed by atoms with Crippen LogP contribution in [-0.2, 0) is 42.2 Å². The molecule has 12 heteroatoms. The van der Waals surface area contributed by atoms with Gasteiger partial charge in [-0.05, 0) is 83.5 Å². The van der Waals surface area contributed by atoms with E-state index in [4.69, 9.17) is 23.3 Å². The zero-order valence-electron chi connectivity index (χ0n) is 43.1. The molecule has 0 saturated heterocycles. The molecule has 392 valence electrons. The first-order valence-electron chi connectivity index (χ1n) is 26.8. The van der Waals surface area contributed by atoms with Gasteiger partial charge in [-0.1, -0.05) is 196 Å². The average molecular weight is 977 g/mol. The molecule has 0 aromatic carbocycles. The number of carbonyl (C=O) groups excluding carboxylic acids is 3. The molecule has 0 bridgehead atoms. The standard InChI is InChI=1S/C56H97O11P/c1-4-7-10-13-16-19-22-23-24-25-26-27-28-29-32-35-38-41-44-47-56(60)67-53(49-63-54(58)45-42-39-36-33-30-20-17-14-11-8-5-2)51-65-68(61,62)64-50-52(48-57)66-55(59)46-43-40-37-34-31-21-18-15-12-9-6-3/h7,10,14,16-17,19,23-24,26-27,29,32,52-53,57H,4-6,8-9,11-13,15,18,20-22,25,28,30-31,33-51H2,1-3H3,(H,61,62)/b10-7-,17-14-,19-16-,24-23-,27-26-,32-29-. The van der Waals surface area contributed by atoms with Crippen LogP contribution in [0.25, 0.3) is 0 Å². The summed E-state index contributed by atoms with van der Waals surface area (Å²) in [5.41, 5.74) is 0. The second kappa shape index (κ2) is 50.3. The zero-order valence-corrected chi connectivity index (χ0v) is 43.9. The summed E-state index contributed by atoms with van der Waals surface area (Å²) < 4.78 is 39.3. The molecule has 0 radical (unpaired) electrons. The van der Waals surface area contributed by atoms with E-state index in [0.717, 1.165) is 109 Å². The van der Waals surface area contributed by atoms with Gasteiger partial charge in [0.1, 0.15) is 12.7 Å². The van der Waals surface area contributed by atoms with Crippen LogP contribution in [0.3, 0.4) is 0 Å². The van der Waals surface area contributed by atoms with Crippen LogP contribution in [0, 0.1) is 0 Å². The molecule has 0 heterocycles. The third kappa shape index (κ3) is 48.0. The van der Waals surface area contributed by atoms with Gasteiger partial charge in [0, 0.05) is 19.3 Å². The highest BCUT2D eigenvalue weighted by Gasteiger charge is 2.28. The lowest BCUT2D eigenvalue weighted by molar-refractivity contribution is -0.161. The van der Waals surface area contributed by atoms with Gasteiger partial charge in [-0.25, -0.2) is 4.57 Å². The lowest BCUT2D eigenvalue weighted by Crippen LogP contribution is -2.30. The van der Waals surface area contributed by atoms with Gasteiger partial charge in [0.25, 0.3) is 0 Å². The van der Waals surface area contributed by atoms with Crippen LogP contribution >= 0.6 is 7.82 Å². The van der Waals surface area contributed by atoms with E-state index in [1.54, 1.807) is 0 Å². The highest BCUT2D eigenvalue weighted by atomic mass is 31.2. The van der Waals surface area contributed by atoms with E-state index in [0.29, 0.717) is 19.3 Å². The number of esters is 3. The van der Waals surface area contributed by atoms with Crippen molar-refractivity contribution >= 4 is 25.7 Å². The van der Waals surface area contributed by atoms with Gasteiger partial charge in [0.15, 0.2) is 6.10 Å². The van der Waals surface area contributed by atoms with E-state index in [1.165, 1.54) is 57.8 Å². The molecule has 68 heavy (non-hydrogen) atoms. The quantitative estimate of drug-likeness (QED) is 0.0197. The molecule has 0 rings (SSSR count). The van der Waals surface area contributed by atoms with Crippen molar-refractivity contribution in [1.82, 2.24) is 0 Å². The summed E-state index contributed by atoms with van der Waals surface area (Å²) in [5.74, 6) is -1.52. The summed E-state index contributed by atoms with van der Waals surface area (Å²) in [6, 6.07) is 0. The Balaban J connectivity index is 4.79. The minimum Gasteiger partial charge on any atom is -0.462 e. The zero-order chi connectivity index (χ0) is 49.9. The van der Waals surface area contributed by atoms with E-state index in [1.807, 2.05) is 0 Å². The Bertz CT molecular complexity index is 1420. The van der Waals surface area contributed by atoms with E-state index in [9.17, 15) is 28.9 Å². The van der Waals surface area contributed by atoms with Crippen LogP contribution in [0.15, 0.2) is 72.9 Å². The first kappa shape index (κ1) is 64.9. The number of unbranched alkanes of at least 4 members (excludes halogenated alkanes) is 20. The Morgan fingerprint density at radius 2 is 0.779 bits per heavy atom. The summed E-state index contributed by atoms with van der Waals surface area (Å²) in [6.07, 6.45) is 54.4. The monoisotopic (exact) mass is 977 g/mol. The van der Waals surface area contributed by atoms with Gasteiger partial charge in [-0.2, -0.15) is 0 Å². The highest BCUT2D eigenvalue weighted by molar-refractivity contribution is 7.47. The fourth-order valence-electron chi connectivity index (χ4n) is 7.01. The second-order valence-corrected chi connectivity index (χ2v) is 19.1. The number of phosphoric ester groups is 1. The number of phosphoric acid groups is 1. The number of aliphatic hydroxyl groups excluding tert-OH is 1. The van der Waals surface area contributed by atoms with Gasteiger partial charge in [-0.15, -0.1) is 0 Å². The van der Waals surface area contributed by atoms with Crippen molar-refractivity contribution < 1.29 is 52.2 Å². The Hall–Kier alpha value is -3.08. The van der Waals surface area contributed by atoms with Gasteiger partial charge < -0.3 is 24.2 Å². The number of allylic oxidation sites excluding steroid dienone is 12. The molecule has 11 nitrogen and oxygen atoms in total. The maximum Gasteiger partial charge on any atom is 0.472 e. The smallest absolute Gasteiger partial charge is 0.462 e. The molecule has 0 aromatic rings. The predicted octanol–water partition coefficient (Wildman–Crippen LogP) is 15.4. The van der Waals surface area contributed by atoms with E-state index in [-0.39, 0.29) is 25.9 Å². The largest absolute Gasteiger partial charge is 0.472 e.